The van der Waals surface area contributed by atoms with Gasteiger partial charge in [0.25, 0.3) is 0 Å². The number of benzene rings is 1. The standard InChI is InChI=1S/C20H29N3O2/c1-14(17-13-15-6-7-16(17)12-15)21-20(24)22-18-4-2-3-5-19(18)23-8-10-25-11-9-23/h2-5,14-17H,6-13H2,1H3,(H2,21,22,24)/t14-,15-,16-,17-/m0/s1. The Morgan fingerprint density at radius 3 is 2.72 bits per heavy atom. The number of nitrogens with zero attached hydrogens (tertiary/aromatic N) is 1. The highest BCUT2D eigenvalue weighted by Crippen LogP contribution is 2.49. The van der Waals surface area contributed by atoms with Gasteiger partial charge in [-0.05, 0) is 56.1 Å². The van der Waals surface area contributed by atoms with E-state index in [2.05, 4.69) is 28.5 Å². The molecule has 25 heavy (non-hydrogen) atoms. The summed E-state index contributed by atoms with van der Waals surface area (Å²) < 4.78 is 5.43. The van der Waals surface area contributed by atoms with Gasteiger partial charge in [-0.15, -0.1) is 0 Å². The molecule has 1 aromatic carbocycles. The van der Waals surface area contributed by atoms with Crippen molar-refractivity contribution >= 4 is 17.4 Å². The second-order valence-corrected chi connectivity index (χ2v) is 7.84. The largest absolute Gasteiger partial charge is 0.378 e. The lowest BCUT2D eigenvalue weighted by atomic mass is 9.84. The lowest BCUT2D eigenvalue weighted by molar-refractivity contribution is 0.123. The summed E-state index contributed by atoms with van der Waals surface area (Å²) in [6.07, 6.45) is 5.41. The van der Waals surface area contributed by atoms with Crippen LogP contribution in [0.2, 0.25) is 0 Å². The van der Waals surface area contributed by atoms with Crippen molar-refractivity contribution in [3.8, 4) is 0 Å². The average Bonchev–Trinajstić information content (AvgIpc) is 3.26. The van der Waals surface area contributed by atoms with Crippen molar-refractivity contribution in [3.63, 3.8) is 0 Å². The first kappa shape index (κ1) is 16.7. The highest BCUT2D eigenvalue weighted by atomic mass is 16.5. The molecule has 1 heterocycles. The van der Waals surface area contributed by atoms with E-state index in [1.54, 1.807) is 0 Å². The molecular weight excluding hydrogens is 314 g/mol. The van der Waals surface area contributed by atoms with Gasteiger partial charge >= 0.3 is 6.03 Å². The van der Waals surface area contributed by atoms with E-state index in [1.165, 1.54) is 25.7 Å². The van der Waals surface area contributed by atoms with Crippen LogP contribution in [0.4, 0.5) is 16.2 Å². The minimum Gasteiger partial charge on any atom is -0.378 e. The number of ether oxygens (including phenoxy) is 1. The molecule has 0 unspecified atom stereocenters. The first-order valence-electron chi connectivity index (χ1n) is 9.70. The molecule has 4 atom stereocenters. The summed E-state index contributed by atoms with van der Waals surface area (Å²) >= 11 is 0. The first-order valence-corrected chi connectivity index (χ1v) is 9.70. The van der Waals surface area contributed by atoms with Crippen molar-refractivity contribution in [2.45, 2.75) is 38.6 Å². The Labute approximate surface area is 150 Å². The van der Waals surface area contributed by atoms with Crippen LogP contribution in [0, 0.1) is 17.8 Å². The molecule has 5 nitrogen and oxygen atoms in total. The van der Waals surface area contributed by atoms with Crippen LogP contribution >= 0.6 is 0 Å². The Morgan fingerprint density at radius 2 is 2.00 bits per heavy atom. The van der Waals surface area contributed by atoms with E-state index in [9.17, 15) is 4.79 Å². The summed E-state index contributed by atoms with van der Waals surface area (Å²) in [6.45, 7) is 5.37. The zero-order valence-electron chi connectivity index (χ0n) is 15.0. The number of morpholine rings is 1. The van der Waals surface area contributed by atoms with Gasteiger partial charge in [0.2, 0.25) is 0 Å². The molecule has 2 amide bonds. The summed E-state index contributed by atoms with van der Waals surface area (Å²) in [5, 5.41) is 6.27. The number of carbonyl (C=O) groups excluding carboxylic acids is 1. The molecule has 5 heteroatoms. The van der Waals surface area contributed by atoms with Crippen LogP contribution in [0.3, 0.4) is 0 Å². The number of para-hydroxylation sites is 2. The molecule has 0 aromatic heterocycles. The van der Waals surface area contributed by atoms with Crippen molar-refractivity contribution in [2.24, 2.45) is 17.8 Å². The van der Waals surface area contributed by atoms with Crippen molar-refractivity contribution in [2.75, 3.05) is 36.5 Å². The predicted octanol–water partition coefficient (Wildman–Crippen LogP) is 3.47. The Hall–Kier alpha value is -1.75. The second-order valence-electron chi connectivity index (χ2n) is 7.84. The van der Waals surface area contributed by atoms with Gasteiger partial charge in [0.1, 0.15) is 0 Å². The van der Waals surface area contributed by atoms with Gasteiger partial charge < -0.3 is 20.3 Å². The normalized spacial score (nSPS) is 29.5. The summed E-state index contributed by atoms with van der Waals surface area (Å²) in [4.78, 5) is 14.8. The Morgan fingerprint density at radius 1 is 1.20 bits per heavy atom. The molecule has 2 N–H and O–H groups in total. The number of fused-ring (bicyclic) bond motifs is 2. The van der Waals surface area contributed by atoms with Crippen LogP contribution in [0.5, 0.6) is 0 Å². The molecule has 4 rings (SSSR count). The van der Waals surface area contributed by atoms with Gasteiger partial charge in [-0.2, -0.15) is 0 Å². The highest BCUT2D eigenvalue weighted by molar-refractivity contribution is 5.93. The topological polar surface area (TPSA) is 53.6 Å². The fourth-order valence-corrected chi connectivity index (χ4v) is 5.04. The van der Waals surface area contributed by atoms with E-state index in [4.69, 9.17) is 4.74 Å². The van der Waals surface area contributed by atoms with Crippen molar-refractivity contribution < 1.29 is 9.53 Å². The van der Waals surface area contributed by atoms with Crippen molar-refractivity contribution in [1.29, 1.82) is 0 Å². The summed E-state index contributed by atoms with van der Waals surface area (Å²) in [6, 6.07) is 8.19. The van der Waals surface area contributed by atoms with Crippen LogP contribution in [0.15, 0.2) is 24.3 Å². The van der Waals surface area contributed by atoms with Crippen LogP contribution in [-0.4, -0.2) is 38.4 Å². The maximum atomic E-state index is 12.6. The van der Waals surface area contributed by atoms with Gasteiger partial charge in [0.15, 0.2) is 0 Å². The lowest BCUT2D eigenvalue weighted by Gasteiger charge is -2.31. The zero-order chi connectivity index (χ0) is 17.2. The minimum absolute atomic E-state index is 0.0871. The van der Waals surface area contributed by atoms with E-state index >= 15 is 0 Å². The SMILES string of the molecule is C[C@H](NC(=O)Nc1ccccc1N1CCOCC1)[C@@H]1C[C@H]2CC[C@H]1C2. The van der Waals surface area contributed by atoms with E-state index in [-0.39, 0.29) is 12.1 Å². The monoisotopic (exact) mass is 343 g/mol. The number of hydrogen-bond donors (Lipinski definition) is 2. The van der Waals surface area contributed by atoms with E-state index < -0.39 is 0 Å². The molecule has 2 bridgehead atoms. The lowest BCUT2D eigenvalue weighted by Crippen LogP contribution is -2.42. The number of nitrogens with one attached hydrogen (secondary N) is 2. The smallest absolute Gasteiger partial charge is 0.319 e. The van der Waals surface area contributed by atoms with E-state index in [1.807, 2.05) is 18.2 Å². The molecular formula is C20H29N3O2. The maximum absolute atomic E-state index is 12.6. The second kappa shape index (κ2) is 7.24. The third-order valence-corrected chi connectivity index (χ3v) is 6.30. The molecule has 3 aliphatic rings. The predicted molar refractivity (Wildman–Crippen MR) is 100 cm³/mol. The van der Waals surface area contributed by atoms with Gasteiger partial charge in [-0.3, -0.25) is 0 Å². The number of amides is 2. The highest BCUT2D eigenvalue weighted by Gasteiger charge is 2.42. The molecule has 0 radical (unpaired) electrons. The van der Waals surface area contributed by atoms with Crippen molar-refractivity contribution in [1.82, 2.24) is 5.32 Å². The summed E-state index contributed by atoms with van der Waals surface area (Å²) in [5.74, 6) is 2.38. The van der Waals surface area contributed by atoms with Crippen LogP contribution in [-0.2, 0) is 4.74 Å². The fraction of sp³-hybridized carbons (Fsp3) is 0.650. The molecule has 136 valence electrons. The summed E-state index contributed by atoms with van der Waals surface area (Å²) in [7, 11) is 0. The third-order valence-electron chi connectivity index (χ3n) is 6.30. The van der Waals surface area contributed by atoms with Crippen LogP contribution in [0.25, 0.3) is 0 Å². The van der Waals surface area contributed by atoms with Gasteiger partial charge in [0.05, 0.1) is 24.6 Å². The Kier molecular flexibility index (Phi) is 4.84. The molecule has 1 saturated heterocycles. The number of rotatable bonds is 4. The fourth-order valence-electron chi connectivity index (χ4n) is 5.04. The minimum atomic E-state index is -0.0871. The van der Waals surface area contributed by atoms with E-state index in [0.29, 0.717) is 5.92 Å². The molecule has 3 fully saturated rings. The van der Waals surface area contributed by atoms with Crippen LogP contribution < -0.4 is 15.5 Å². The zero-order valence-corrected chi connectivity index (χ0v) is 15.0. The number of carbonyl (C=O) groups is 1. The number of anilines is 2. The molecule has 1 aliphatic heterocycles. The van der Waals surface area contributed by atoms with Gasteiger partial charge in [-0.25, -0.2) is 4.79 Å². The van der Waals surface area contributed by atoms with Gasteiger partial charge in [-0.1, -0.05) is 18.6 Å². The average molecular weight is 343 g/mol. The quantitative estimate of drug-likeness (QED) is 0.880. The third kappa shape index (κ3) is 3.61. The Balaban J connectivity index is 1.37. The Bertz CT molecular complexity index is 615. The molecule has 0 spiro atoms. The first-order chi connectivity index (χ1) is 12.2. The maximum Gasteiger partial charge on any atom is 0.319 e. The van der Waals surface area contributed by atoms with Gasteiger partial charge in [0, 0.05) is 19.1 Å². The van der Waals surface area contributed by atoms with Crippen molar-refractivity contribution in [3.05, 3.63) is 24.3 Å². The number of urea groups is 1. The van der Waals surface area contributed by atoms with E-state index in [0.717, 1.165) is 49.5 Å². The number of hydrogen-bond acceptors (Lipinski definition) is 3. The molecule has 2 saturated carbocycles. The molecule has 1 aromatic rings. The summed E-state index contributed by atoms with van der Waals surface area (Å²) in [5.41, 5.74) is 1.95. The van der Waals surface area contributed by atoms with Crippen LogP contribution in [0.1, 0.15) is 32.6 Å². The molecule has 2 aliphatic carbocycles.